The van der Waals surface area contributed by atoms with Crippen molar-refractivity contribution in [1.29, 1.82) is 0 Å². The smallest absolute Gasteiger partial charge is 0.338 e. The zero-order valence-electron chi connectivity index (χ0n) is 10.8. The molecule has 1 aromatic carbocycles. The maximum atomic E-state index is 13.2. The highest BCUT2D eigenvalue weighted by molar-refractivity contribution is 7.89. The lowest BCUT2D eigenvalue weighted by molar-refractivity contribution is 0.0691. The Bertz CT molecular complexity index is 787. The van der Waals surface area contributed by atoms with Gasteiger partial charge in [-0.3, -0.25) is 4.68 Å². The lowest BCUT2D eigenvalue weighted by Crippen LogP contribution is -2.24. The Balaban J connectivity index is 2.23. The van der Waals surface area contributed by atoms with Crippen molar-refractivity contribution < 1.29 is 22.7 Å². The van der Waals surface area contributed by atoms with Crippen LogP contribution in [0.1, 0.15) is 16.2 Å². The van der Waals surface area contributed by atoms with E-state index in [4.69, 9.17) is 5.11 Å². The molecule has 0 radical (unpaired) electrons. The first-order valence-electron chi connectivity index (χ1n) is 5.66. The summed E-state index contributed by atoms with van der Waals surface area (Å²) in [5, 5.41) is 12.7. The van der Waals surface area contributed by atoms with Crippen LogP contribution >= 0.6 is 0 Å². The third-order valence-corrected chi connectivity index (χ3v) is 3.94. The van der Waals surface area contributed by atoms with E-state index in [1.807, 2.05) is 0 Å². The molecule has 21 heavy (non-hydrogen) atoms. The highest BCUT2D eigenvalue weighted by Gasteiger charge is 2.19. The summed E-state index contributed by atoms with van der Waals surface area (Å²) in [6.07, 6.45) is 1.41. The quantitative estimate of drug-likeness (QED) is 0.811. The van der Waals surface area contributed by atoms with Crippen LogP contribution in [-0.4, -0.2) is 34.3 Å². The molecule has 2 aromatic rings. The summed E-state index contributed by atoms with van der Waals surface area (Å²) in [4.78, 5) is 14.3. The standard InChI is InChI=1S/C11H11FN4O4S/c1-16-6-13-10(15-16)5-14-21(19,20)7-2-3-9(12)8(4-7)11(17)18/h2-4,6,14H,5H2,1H3,(H,17,18). The zero-order valence-corrected chi connectivity index (χ0v) is 11.6. The first kappa shape index (κ1) is 15.1. The molecule has 0 atom stereocenters. The average molecular weight is 314 g/mol. The monoisotopic (exact) mass is 314 g/mol. The molecule has 0 aliphatic carbocycles. The van der Waals surface area contributed by atoms with Crippen LogP contribution in [0.15, 0.2) is 29.4 Å². The number of halogens is 1. The lowest BCUT2D eigenvalue weighted by atomic mass is 10.2. The molecule has 1 aromatic heterocycles. The van der Waals surface area contributed by atoms with Gasteiger partial charge in [-0.15, -0.1) is 0 Å². The number of carbonyl (C=O) groups is 1. The van der Waals surface area contributed by atoms with Crippen LogP contribution in [0.4, 0.5) is 4.39 Å². The molecule has 1 heterocycles. The van der Waals surface area contributed by atoms with E-state index < -0.39 is 27.4 Å². The van der Waals surface area contributed by atoms with E-state index in [1.165, 1.54) is 11.0 Å². The van der Waals surface area contributed by atoms with Crippen molar-refractivity contribution in [2.24, 2.45) is 7.05 Å². The van der Waals surface area contributed by atoms with Gasteiger partial charge in [-0.2, -0.15) is 5.10 Å². The molecule has 0 aliphatic heterocycles. The van der Waals surface area contributed by atoms with Crippen molar-refractivity contribution >= 4 is 16.0 Å². The van der Waals surface area contributed by atoms with Crippen molar-refractivity contribution in [3.63, 3.8) is 0 Å². The Hall–Kier alpha value is -2.33. The fourth-order valence-electron chi connectivity index (χ4n) is 1.54. The largest absolute Gasteiger partial charge is 0.478 e. The lowest BCUT2D eigenvalue weighted by Gasteiger charge is -2.06. The van der Waals surface area contributed by atoms with Crippen molar-refractivity contribution in [2.45, 2.75) is 11.4 Å². The molecule has 112 valence electrons. The van der Waals surface area contributed by atoms with Crippen LogP contribution in [0, 0.1) is 5.82 Å². The minimum atomic E-state index is -3.99. The Morgan fingerprint density at radius 1 is 1.48 bits per heavy atom. The second-order valence-electron chi connectivity index (χ2n) is 4.11. The Kier molecular flexibility index (Phi) is 4.00. The number of nitrogens with one attached hydrogen (secondary N) is 1. The number of carboxylic acids is 1. The maximum Gasteiger partial charge on any atom is 0.338 e. The number of nitrogens with zero attached hydrogens (tertiary/aromatic N) is 3. The Labute approximate surface area is 119 Å². The molecule has 0 bridgehead atoms. The fraction of sp³-hybridized carbons (Fsp3) is 0.182. The van der Waals surface area contributed by atoms with Gasteiger partial charge in [0.15, 0.2) is 5.82 Å². The molecule has 2 rings (SSSR count). The zero-order chi connectivity index (χ0) is 15.6. The molecule has 0 saturated heterocycles. The van der Waals surface area contributed by atoms with Gasteiger partial charge in [0.05, 0.1) is 17.0 Å². The Morgan fingerprint density at radius 2 is 2.19 bits per heavy atom. The summed E-state index contributed by atoms with van der Waals surface area (Å²) in [6.45, 7) is -0.164. The van der Waals surface area contributed by atoms with Gasteiger partial charge in [-0.25, -0.2) is 27.3 Å². The second kappa shape index (κ2) is 5.58. The van der Waals surface area contributed by atoms with Crippen LogP contribution in [0.25, 0.3) is 0 Å². The van der Waals surface area contributed by atoms with E-state index in [0.717, 1.165) is 18.2 Å². The van der Waals surface area contributed by atoms with Crippen molar-refractivity contribution in [3.05, 3.63) is 41.7 Å². The third kappa shape index (κ3) is 3.41. The van der Waals surface area contributed by atoms with Gasteiger partial charge in [0.1, 0.15) is 12.1 Å². The predicted molar refractivity (Wildman–Crippen MR) is 68.4 cm³/mol. The summed E-state index contributed by atoms with van der Waals surface area (Å²) in [7, 11) is -2.36. The van der Waals surface area contributed by atoms with Crippen LogP contribution < -0.4 is 4.72 Å². The second-order valence-corrected chi connectivity index (χ2v) is 5.87. The number of benzene rings is 1. The van der Waals surface area contributed by atoms with Gasteiger partial charge in [-0.05, 0) is 18.2 Å². The number of hydrogen-bond acceptors (Lipinski definition) is 5. The average Bonchev–Trinajstić information content (AvgIpc) is 2.82. The first-order chi connectivity index (χ1) is 9.79. The summed E-state index contributed by atoms with van der Waals surface area (Å²) in [5.74, 6) is -2.30. The van der Waals surface area contributed by atoms with Gasteiger partial charge in [0.2, 0.25) is 10.0 Å². The van der Waals surface area contributed by atoms with E-state index in [0.29, 0.717) is 0 Å². The van der Waals surface area contributed by atoms with Gasteiger partial charge >= 0.3 is 5.97 Å². The molecule has 0 aliphatic rings. The molecular weight excluding hydrogens is 303 g/mol. The van der Waals surface area contributed by atoms with E-state index in [2.05, 4.69) is 14.8 Å². The SMILES string of the molecule is Cn1cnc(CNS(=O)(=O)c2ccc(F)c(C(=O)O)c2)n1. The molecule has 0 fully saturated rings. The van der Waals surface area contributed by atoms with Crippen molar-refractivity contribution in [3.8, 4) is 0 Å². The number of carboxylic acid groups (broad SMARTS) is 1. The number of hydrogen-bond donors (Lipinski definition) is 2. The highest BCUT2D eigenvalue weighted by atomic mass is 32.2. The predicted octanol–water partition coefficient (Wildman–Crippen LogP) is 0.131. The molecule has 0 amide bonds. The van der Waals surface area contributed by atoms with E-state index in [1.54, 1.807) is 7.05 Å². The molecular formula is C11H11FN4O4S. The summed E-state index contributed by atoms with van der Waals surface area (Å²) >= 11 is 0. The molecule has 0 unspecified atom stereocenters. The summed E-state index contributed by atoms with van der Waals surface area (Å²) < 4.78 is 40.9. The fourth-order valence-corrected chi connectivity index (χ4v) is 2.55. The van der Waals surface area contributed by atoms with Crippen LogP contribution in [0.3, 0.4) is 0 Å². The maximum absolute atomic E-state index is 13.2. The van der Waals surface area contributed by atoms with E-state index in [9.17, 15) is 17.6 Å². The molecule has 8 nitrogen and oxygen atoms in total. The minimum Gasteiger partial charge on any atom is -0.478 e. The van der Waals surface area contributed by atoms with E-state index in [-0.39, 0.29) is 17.3 Å². The topological polar surface area (TPSA) is 114 Å². The van der Waals surface area contributed by atoms with Crippen LogP contribution in [0.5, 0.6) is 0 Å². The van der Waals surface area contributed by atoms with Gasteiger partial charge in [0.25, 0.3) is 0 Å². The van der Waals surface area contributed by atoms with Gasteiger partial charge in [-0.1, -0.05) is 0 Å². The molecule has 0 saturated carbocycles. The third-order valence-electron chi connectivity index (χ3n) is 2.55. The van der Waals surface area contributed by atoms with Gasteiger partial charge < -0.3 is 5.11 Å². The first-order valence-corrected chi connectivity index (χ1v) is 7.15. The number of aryl methyl sites for hydroxylation is 1. The number of sulfonamides is 1. The normalized spacial score (nSPS) is 11.5. The minimum absolute atomic E-state index is 0.164. The number of aromatic carboxylic acids is 1. The van der Waals surface area contributed by atoms with Crippen LogP contribution in [-0.2, 0) is 23.6 Å². The molecule has 10 heteroatoms. The summed E-state index contributed by atoms with van der Waals surface area (Å²) in [5.41, 5.74) is -0.714. The van der Waals surface area contributed by atoms with Crippen molar-refractivity contribution in [2.75, 3.05) is 0 Å². The number of rotatable bonds is 5. The van der Waals surface area contributed by atoms with Crippen molar-refractivity contribution in [1.82, 2.24) is 19.5 Å². The van der Waals surface area contributed by atoms with Crippen LogP contribution in [0.2, 0.25) is 0 Å². The molecule has 0 spiro atoms. The van der Waals surface area contributed by atoms with E-state index >= 15 is 0 Å². The number of aromatic nitrogens is 3. The Morgan fingerprint density at radius 3 is 2.76 bits per heavy atom. The molecule has 2 N–H and O–H groups in total. The van der Waals surface area contributed by atoms with Gasteiger partial charge in [0, 0.05) is 7.05 Å². The summed E-state index contributed by atoms with van der Waals surface area (Å²) in [6, 6.07) is 2.53. The highest BCUT2D eigenvalue weighted by Crippen LogP contribution is 2.15.